The molecule has 35 heavy (non-hydrogen) atoms. The van der Waals surface area contributed by atoms with E-state index in [0.717, 1.165) is 12.1 Å². The SMILES string of the molecule is CCOc1ccc(-c2nn(-c3ccccc3)cc2/C=C2\SC(=S)N([C@@H](C)CC)C2=O)cc1[N+](=O)[O-]. The van der Waals surface area contributed by atoms with Crippen LogP contribution < -0.4 is 4.74 Å². The largest absolute Gasteiger partial charge is 0.487 e. The van der Waals surface area contributed by atoms with E-state index in [1.807, 2.05) is 50.4 Å². The molecule has 1 aromatic heterocycles. The highest BCUT2D eigenvalue weighted by Crippen LogP contribution is 2.38. The molecule has 0 unspecified atom stereocenters. The van der Waals surface area contributed by atoms with E-state index >= 15 is 0 Å². The number of thiocarbonyl (C=S) groups is 1. The molecule has 3 aromatic rings. The lowest BCUT2D eigenvalue weighted by Gasteiger charge is -2.21. The van der Waals surface area contributed by atoms with Crippen LogP contribution in [-0.2, 0) is 4.79 Å². The van der Waals surface area contributed by atoms with Gasteiger partial charge in [-0.25, -0.2) is 4.68 Å². The van der Waals surface area contributed by atoms with E-state index in [4.69, 9.17) is 22.1 Å². The Bertz CT molecular complexity index is 1320. The number of carbonyl (C=O) groups is 1. The summed E-state index contributed by atoms with van der Waals surface area (Å²) in [7, 11) is 0. The number of para-hydroxylation sites is 1. The Balaban J connectivity index is 1.84. The maximum absolute atomic E-state index is 13.1. The number of nitrogens with zero attached hydrogens (tertiary/aromatic N) is 4. The summed E-state index contributed by atoms with van der Waals surface area (Å²) >= 11 is 6.71. The van der Waals surface area contributed by atoms with E-state index in [1.54, 1.807) is 34.7 Å². The number of hydrogen-bond donors (Lipinski definition) is 0. The van der Waals surface area contributed by atoms with Crippen LogP contribution in [0.25, 0.3) is 23.0 Å². The Labute approximate surface area is 212 Å². The predicted octanol–water partition coefficient (Wildman–Crippen LogP) is 5.85. The van der Waals surface area contributed by atoms with Crippen LogP contribution >= 0.6 is 24.0 Å². The average molecular weight is 509 g/mol. The number of nitro groups is 1. The van der Waals surface area contributed by atoms with Gasteiger partial charge in [-0.1, -0.05) is 49.1 Å². The molecule has 10 heteroatoms. The molecule has 2 aromatic carbocycles. The average Bonchev–Trinajstić information content (AvgIpc) is 3.40. The fourth-order valence-electron chi connectivity index (χ4n) is 3.70. The summed E-state index contributed by atoms with van der Waals surface area (Å²) in [6, 6.07) is 14.3. The van der Waals surface area contributed by atoms with Crippen molar-refractivity contribution in [3.63, 3.8) is 0 Å². The monoisotopic (exact) mass is 508 g/mol. The van der Waals surface area contributed by atoms with Crippen LogP contribution in [0.3, 0.4) is 0 Å². The highest BCUT2D eigenvalue weighted by Gasteiger charge is 2.35. The van der Waals surface area contributed by atoms with E-state index in [0.29, 0.717) is 32.7 Å². The molecular formula is C25H24N4O4S2. The van der Waals surface area contributed by atoms with E-state index in [-0.39, 0.29) is 23.4 Å². The second kappa shape index (κ2) is 10.4. The maximum atomic E-state index is 13.1. The van der Waals surface area contributed by atoms with Gasteiger partial charge >= 0.3 is 5.69 Å². The topological polar surface area (TPSA) is 90.5 Å². The summed E-state index contributed by atoms with van der Waals surface area (Å²) in [6.07, 6.45) is 4.35. The number of hydrogen-bond acceptors (Lipinski definition) is 7. The van der Waals surface area contributed by atoms with E-state index in [1.165, 1.54) is 17.8 Å². The first-order chi connectivity index (χ1) is 16.8. The standard InChI is InChI=1S/C25H24N4O4S2/c1-4-16(3)28-24(30)22(35-25(28)34)14-18-15-27(19-9-7-6-8-10-19)26-23(18)17-11-12-21(33-5-2)20(13-17)29(31)32/h6-16H,4-5H2,1-3H3/b22-14-/t16-/m0/s1. The van der Waals surface area contributed by atoms with Crippen LogP contribution in [-0.4, -0.2) is 42.5 Å². The van der Waals surface area contributed by atoms with Gasteiger partial charge in [-0.15, -0.1) is 0 Å². The fourth-order valence-corrected chi connectivity index (χ4v) is 5.15. The van der Waals surface area contributed by atoms with Gasteiger partial charge < -0.3 is 4.74 Å². The van der Waals surface area contributed by atoms with E-state index < -0.39 is 4.92 Å². The zero-order valence-corrected chi connectivity index (χ0v) is 21.1. The minimum atomic E-state index is -0.473. The van der Waals surface area contributed by atoms with Crippen LogP contribution in [0, 0.1) is 10.1 Å². The number of aromatic nitrogens is 2. The number of ether oxygens (including phenoxy) is 1. The smallest absolute Gasteiger partial charge is 0.311 e. The lowest BCUT2D eigenvalue weighted by atomic mass is 10.1. The molecule has 1 aliphatic heterocycles. The third-order valence-corrected chi connectivity index (χ3v) is 6.96. The van der Waals surface area contributed by atoms with E-state index in [9.17, 15) is 14.9 Å². The summed E-state index contributed by atoms with van der Waals surface area (Å²) in [5.41, 5.74) is 2.37. The molecule has 0 N–H and O–H groups in total. The number of amides is 1. The molecule has 8 nitrogen and oxygen atoms in total. The van der Waals surface area contributed by atoms with Crippen LogP contribution in [0.4, 0.5) is 5.69 Å². The summed E-state index contributed by atoms with van der Waals surface area (Å²) < 4.78 is 7.64. The molecule has 0 bridgehead atoms. The van der Waals surface area contributed by atoms with Crippen molar-refractivity contribution in [1.82, 2.24) is 14.7 Å². The van der Waals surface area contributed by atoms with Gasteiger partial charge in [-0.05, 0) is 50.6 Å². The number of benzene rings is 2. The first kappa shape index (κ1) is 24.6. The minimum absolute atomic E-state index is 0.00586. The summed E-state index contributed by atoms with van der Waals surface area (Å²) in [4.78, 5) is 26.5. The highest BCUT2D eigenvalue weighted by atomic mass is 32.2. The normalized spacial score (nSPS) is 15.6. The van der Waals surface area contributed by atoms with Gasteiger partial charge in [0.25, 0.3) is 5.91 Å². The molecule has 1 aliphatic rings. The molecule has 0 spiro atoms. The van der Waals surface area contributed by atoms with Gasteiger partial charge in [0, 0.05) is 29.4 Å². The van der Waals surface area contributed by atoms with Crippen molar-refractivity contribution in [2.24, 2.45) is 0 Å². The molecule has 2 heterocycles. The summed E-state index contributed by atoms with van der Waals surface area (Å²) in [6.45, 7) is 6.05. The number of thioether (sulfide) groups is 1. The molecule has 1 saturated heterocycles. The van der Waals surface area contributed by atoms with Crippen LogP contribution in [0.1, 0.15) is 32.8 Å². The van der Waals surface area contributed by atoms with Gasteiger partial charge in [-0.3, -0.25) is 19.8 Å². The van der Waals surface area contributed by atoms with Crippen molar-refractivity contribution >= 4 is 46.0 Å². The molecule has 0 aliphatic carbocycles. The highest BCUT2D eigenvalue weighted by molar-refractivity contribution is 8.26. The van der Waals surface area contributed by atoms with Gasteiger partial charge in [0.15, 0.2) is 5.75 Å². The third-order valence-electron chi connectivity index (χ3n) is 5.63. The van der Waals surface area contributed by atoms with Crippen molar-refractivity contribution in [3.05, 3.63) is 75.3 Å². The molecule has 0 saturated carbocycles. The number of carbonyl (C=O) groups excluding carboxylic acids is 1. The van der Waals surface area contributed by atoms with Crippen molar-refractivity contribution in [2.75, 3.05) is 6.61 Å². The summed E-state index contributed by atoms with van der Waals surface area (Å²) in [5.74, 6) is 0.0464. The molecule has 4 rings (SSSR count). The molecular weight excluding hydrogens is 484 g/mol. The zero-order valence-electron chi connectivity index (χ0n) is 19.5. The molecule has 1 fully saturated rings. The van der Waals surface area contributed by atoms with Crippen LogP contribution in [0.5, 0.6) is 5.75 Å². The Hall–Kier alpha value is -3.50. The molecule has 0 radical (unpaired) electrons. The van der Waals surface area contributed by atoms with Gasteiger partial charge in [0.05, 0.1) is 22.1 Å². The van der Waals surface area contributed by atoms with Gasteiger partial charge in [0.1, 0.15) is 10.0 Å². The second-order valence-electron chi connectivity index (χ2n) is 7.89. The number of nitro benzene ring substituents is 1. The summed E-state index contributed by atoms with van der Waals surface area (Å²) in [5, 5.41) is 16.4. The fraction of sp³-hybridized carbons (Fsp3) is 0.240. The zero-order chi connectivity index (χ0) is 25.1. The van der Waals surface area contributed by atoms with Gasteiger partial charge in [-0.2, -0.15) is 5.10 Å². The lowest BCUT2D eigenvalue weighted by Crippen LogP contribution is -2.36. The van der Waals surface area contributed by atoms with Crippen LogP contribution in [0.2, 0.25) is 0 Å². The Morgan fingerprint density at radius 2 is 1.97 bits per heavy atom. The van der Waals surface area contributed by atoms with Crippen molar-refractivity contribution in [1.29, 1.82) is 0 Å². The predicted molar refractivity (Wildman–Crippen MR) is 142 cm³/mol. The third kappa shape index (κ3) is 4.98. The first-order valence-electron chi connectivity index (χ1n) is 11.2. The van der Waals surface area contributed by atoms with Crippen molar-refractivity contribution < 1.29 is 14.5 Å². The second-order valence-corrected chi connectivity index (χ2v) is 9.57. The molecule has 1 amide bonds. The molecule has 180 valence electrons. The van der Waals surface area contributed by atoms with Crippen molar-refractivity contribution in [3.8, 4) is 22.7 Å². The quantitative estimate of drug-likeness (QED) is 0.163. The Kier molecular flexibility index (Phi) is 7.32. The minimum Gasteiger partial charge on any atom is -0.487 e. The van der Waals surface area contributed by atoms with Crippen molar-refractivity contribution in [2.45, 2.75) is 33.2 Å². The van der Waals surface area contributed by atoms with E-state index in [2.05, 4.69) is 0 Å². The van der Waals surface area contributed by atoms with Crippen LogP contribution in [0.15, 0.2) is 59.6 Å². The Morgan fingerprint density at radius 3 is 2.63 bits per heavy atom. The van der Waals surface area contributed by atoms with Gasteiger partial charge in [0.2, 0.25) is 0 Å². The Morgan fingerprint density at radius 1 is 1.23 bits per heavy atom. The maximum Gasteiger partial charge on any atom is 0.311 e. The lowest BCUT2D eigenvalue weighted by molar-refractivity contribution is -0.385. The first-order valence-corrected chi connectivity index (χ1v) is 12.4. The number of rotatable bonds is 8. The molecule has 1 atom stereocenters.